The van der Waals surface area contributed by atoms with E-state index in [9.17, 15) is 9.90 Å². The number of hydrogen-bond donors (Lipinski definition) is 1. The molecule has 0 aromatic rings. The van der Waals surface area contributed by atoms with Crippen LogP contribution in [-0.4, -0.2) is 35.1 Å². The van der Waals surface area contributed by atoms with Crippen molar-refractivity contribution in [3.63, 3.8) is 0 Å². The maximum Gasteiger partial charge on any atom is 0.225 e. The minimum atomic E-state index is -0.286. The Morgan fingerprint density at radius 3 is 2.29 bits per heavy atom. The zero-order chi connectivity index (χ0) is 12.4. The fourth-order valence-corrected chi connectivity index (χ4v) is 3.23. The SMILES string of the molecule is CC(C)C1CCC(C(=O)N2CC[C@@H](O)C2)CC1. The molecule has 0 aromatic carbocycles. The molecule has 2 fully saturated rings. The smallest absolute Gasteiger partial charge is 0.225 e. The molecule has 2 aliphatic rings. The van der Waals surface area contributed by atoms with Gasteiger partial charge in [0, 0.05) is 19.0 Å². The van der Waals surface area contributed by atoms with E-state index in [0.29, 0.717) is 12.5 Å². The first kappa shape index (κ1) is 12.9. The number of β-amino-alcohol motifs (C(OH)–C–C–N with tert-alkyl or cyclic N) is 1. The Kier molecular flexibility index (Phi) is 4.08. The zero-order valence-corrected chi connectivity index (χ0v) is 11.1. The lowest BCUT2D eigenvalue weighted by molar-refractivity contribution is -0.136. The van der Waals surface area contributed by atoms with Crippen LogP contribution in [0.25, 0.3) is 0 Å². The summed E-state index contributed by atoms with van der Waals surface area (Å²) in [7, 11) is 0. The molecule has 0 unspecified atom stereocenters. The van der Waals surface area contributed by atoms with Crippen molar-refractivity contribution in [2.75, 3.05) is 13.1 Å². The van der Waals surface area contributed by atoms with Crippen LogP contribution < -0.4 is 0 Å². The number of rotatable bonds is 2. The standard InChI is InChI=1S/C14H25NO2/c1-10(2)11-3-5-12(6-4-11)14(17)15-8-7-13(16)9-15/h10-13,16H,3-9H2,1-2H3/t11?,12?,13-/m1/s1. The van der Waals surface area contributed by atoms with E-state index in [1.807, 2.05) is 4.90 Å². The molecule has 1 amide bonds. The number of carbonyl (C=O) groups excluding carboxylic acids is 1. The number of likely N-dealkylation sites (tertiary alicyclic amines) is 1. The van der Waals surface area contributed by atoms with Gasteiger partial charge in [0.1, 0.15) is 0 Å². The summed E-state index contributed by atoms with van der Waals surface area (Å²) < 4.78 is 0. The normalized spacial score (nSPS) is 34.4. The Bertz CT molecular complexity index is 269. The molecule has 98 valence electrons. The molecule has 2 rings (SSSR count). The molecule has 1 aliphatic heterocycles. The Morgan fingerprint density at radius 1 is 1.18 bits per heavy atom. The monoisotopic (exact) mass is 239 g/mol. The van der Waals surface area contributed by atoms with Gasteiger partial charge in [0.25, 0.3) is 0 Å². The summed E-state index contributed by atoms with van der Waals surface area (Å²) in [5, 5.41) is 9.47. The van der Waals surface area contributed by atoms with Crippen LogP contribution >= 0.6 is 0 Å². The van der Waals surface area contributed by atoms with Crippen LogP contribution in [0.1, 0.15) is 46.0 Å². The lowest BCUT2D eigenvalue weighted by Gasteiger charge is -2.32. The van der Waals surface area contributed by atoms with Gasteiger partial charge in [0.05, 0.1) is 6.10 Å². The van der Waals surface area contributed by atoms with Crippen molar-refractivity contribution in [1.82, 2.24) is 4.90 Å². The highest BCUT2D eigenvalue weighted by Gasteiger charge is 2.33. The van der Waals surface area contributed by atoms with Crippen molar-refractivity contribution in [1.29, 1.82) is 0 Å². The third-order valence-corrected chi connectivity index (χ3v) is 4.54. The van der Waals surface area contributed by atoms with E-state index in [-0.39, 0.29) is 12.0 Å². The van der Waals surface area contributed by atoms with E-state index in [1.54, 1.807) is 0 Å². The summed E-state index contributed by atoms with van der Waals surface area (Å²) in [6.07, 6.45) is 4.97. The lowest BCUT2D eigenvalue weighted by atomic mass is 9.76. The van der Waals surface area contributed by atoms with Gasteiger partial charge in [-0.3, -0.25) is 4.79 Å². The highest BCUT2D eigenvalue weighted by atomic mass is 16.3. The molecule has 1 saturated carbocycles. The highest BCUT2D eigenvalue weighted by molar-refractivity contribution is 5.79. The molecule has 1 heterocycles. The first-order valence-corrected chi connectivity index (χ1v) is 7.04. The fraction of sp³-hybridized carbons (Fsp3) is 0.929. The average Bonchev–Trinajstić information content (AvgIpc) is 2.75. The van der Waals surface area contributed by atoms with Crippen LogP contribution in [0.3, 0.4) is 0 Å². The molecule has 1 saturated heterocycles. The number of aliphatic hydroxyl groups is 1. The summed E-state index contributed by atoms with van der Waals surface area (Å²) in [5.74, 6) is 2.09. The minimum Gasteiger partial charge on any atom is -0.391 e. The van der Waals surface area contributed by atoms with E-state index >= 15 is 0 Å². The quantitative estimate of drug-likeness (QED) is 0.801. The van der Waals surface area contributed by atoms with E-state index in [2.05, 4.69) is 13.8 Å². The Labute approximate surface area is 104 Å². The second-order valence-corrected chi connectivity index (χ2v) is 6.08. The van der Waals surface area contributed by atoms with Crippen molar-refractivity contribution in [3.05, 3.63) is 0 Å². The van der Waals surface area contributed by atoms with Crippen LogP contribution in [-0.2, 0) is 4.79 Å². The van der Waals surface area contributed by atoms with Gasteiger partial charge in [-0.15, -0.1) is 0 Å². The van der Waals surface area contributed by atoms with Crippen LogP contribution in [0.2, 0.25) is 0 Å². The van der Waals surface area contributed by atoms with E-state index < -0.39 is 0 Å². The summed E-state index contributed by atoms with van der Waals surface area (Å²) in [5.41, 5.74) is 0. The summed E-state index contributed by atoms with van der Waals surface area (Å²) in [4.78, 5) is 14.1. The molecule has 17 heavy (non-hydrogen) atoms. The van der Waals surface area contributed by atoms with Gasteiger partial charge in [0.15, 0.2) is 0 Å². The van der Waals surface area contributed by atoms with Gasteiger partial charge in [-0.2, -0.15) is 0 Å². The molecule has 0 spiro atoms. The zero-order valence-electron chi connectivity index (χ0n) is 11.1. The van der Waals surface area contributed by atoms with Crippen LogP contribution in [0.5, 0.6) is 0 Å². The van der Waals surface area contributed by atoms with Crippen molar-refractivity contribution in [2.45, 2.75) is 52.1 Å². The largest absolute Gasteiger partial charge is 0.391 e. The number of hydrogen-bond acceptors (Lipinski definition) is 2. The van der Waals surface area contributed by atoms with Crippen molar-refractivity contribution in [2.24, 2.45) is 17.8 Å². The molecule has 0 aromatic heterocycles. The third-order valence-electron chi connectivity index (χ3n) is 4.54. The van der Waals surface area contributed by atoms with E-state index in [4.69, 9.17) is 0 Å². The first-order valence-electron chi connectivity index (χ1n) is 7.04. The van der Waals surface area contributed by atoms with Crippen LogP contribution in [0.4, 0.5) is 0 Å². The van der Waals surface area contributed by atoms with Crippen molar-refractivity contribution >= 4 is 5.91 Å². The number of aliphatic hydroxyl groups excluding tert-OH is 1. The summed E-state index contributed by atoms with van der Waals surface area (Å²) in [6.45, 7) is 5.88. The predicted octanol–water partition coefficient (Wildman–Crippen LogP) is 2.04. The maximum atomic E-state index is 12.2. The Hall–Kier alpha value is -0.570. The minimum absolute atomic E-state index is 0.232. The third kappa shape index (κ3) is 3.01. The second-order valence-electron chi connectivity index (χ2n) is 6.08. The Morgan fingerprint density at radius 2 is 1.82 bits per heavy atom. The van der Waals surface area contributed by atoms with Crippen molar-refractivity contribution in [3.8, 4) is 0 Å². The van der Waals surface area contributed by atoms with Crippen LogP contribution in [0.15, 0.2) is 0 Å². The van der Waals surface area contributed by atoms with Gasteiger partial charge >= 0.3 is 0 Å². The molecular formula is C14H25NO2. The molecule has 3 heteroatoms. The number of carbonyl (C=O) groups is 1. The van der Waals surface area contributed by atoms with Crippen LogP contribution in [0, 0.1) is 17.8 Å². The highest BCUT2D eigenvalue weighted by Crippen LogP contribution is 2.34. The van der Waals surface area contributed by atoms with Gasteiger partial charge in [-0.25, -0.2) is 0 Å². The van der Waals surface area contributed by atoms with E-state index in [1.165, 1.54) is 12.8 Å². The Balaban J connectivity index is 1.82. The van der Waals surface area contributed by atoms with Gasteiger partial charge in [-0.05, 0) is 43.9 Å². The predicted molar refractivity (Wildman–Crippen MR) is 67.5 cm³/mol. The first-order chi connectivity index (χ1) is 8.08. The number of amides is 1. The summed E-state index contributed by atoms with van der Waals surface area (Å²) >= 11 is 0. The number of nitrogens with zero attached hydrogens (tertiary/aromatic N) is 1. The van der Waals surface area contributed by atoms with Gasteiger partial charge < -0.3 is 10.0 Å². The van der Waals surface area contributed by atoms with Crippen molar-refractivity contribution < 1.29 is 9.90 Å². The maximum absolute atomic E-state index is 12.2. The lowest BCUT2D eigenvalue weighted by Crippen LogP contribution is -2.37. The molecule has 1 N–H and O–H groups in total. The molecule has 3 nitrogen and oxygen atoms in total. The topological polar surface area (TPSA) is 40.5 Å². The molecule has 0 bridgehead atoms. The van der Waals surface area contributed by atoms with E-state index in [0.717, 1.165) is 37.6 Å². The second kappa shape index (κ2) is 5.38. The van der Waals surface area contributed by atoms with Gasteiger partial charge in [-0.1, -0.05) is 13.8 Å². The average molecular weight is 239 g/mol. The fourth-order valence-electron chi connectivity index (χ4n) is 3.23. The molecule has 1 atom stereocenters. The summed E-state index contributed by atoms with van der Waals surface area (Å²) in [6, 6.07) is 0. The molecule has 0 radical (unpaired) electrons. The molecular weight excluding hydrogens is 214 g/mol. The molecule has 1 aliphatic carbocycles. The van der Waals surface area contributed by atoms with Gasteiger partial charge in [0.2, 0.25) is 5.91 Å².